The number of imidazole rings is 1. The zero-order valence-corrected chi connectivity index (χ0v) is 15.0. The monoisotopic (exact) mass is 435 g/mol. The number of pyridine rings is 1. The number of benzene rings is 2. The fourth-order valence-electron chi connectivity index (χ4n) is 3.04. The van der Waals surface area contributed by atoms with Gasteiger partial charge in [-0.3, -0.25) is 4.40 Å². The molecule has 0 atom stereocenters. The number of nitrogens with zero attached hydrogens (tertiary/aromatic N) is 4. The maximum Gasteiger partial charge on any atom is 0.158 e. The summed E-state index contributed by atoms with van der Waals surface area (Å²) in [5.74, 6) is 0.291. The molecule has 4 rings (SSSR count). The Morgan fingerprint density at radius 1 is 0.960 bits per heavy atom. The number of nitrogens with two attached hydrogens (primary N) is 1. The molecule has 2 heterocycles. The van der Waals surface area contributed by atoms with Crippen LogP contribution in [0, 0.1) is 26.2 Å². The third kappa shape index (κ3) is 2.23. The van der Waals surface area contributed by atoms with Gasteiger partial charge >= 0.3 is 0 Å². The molecule has 6 heteroatoms. The van der Waals surface area contributed by atoms with Crippen molar-refractivity contribution >= 4 is 45.1 Å². The van der Waals surface area contributed by atoms with Crippen molar-refractivity contribution in [3.8, 4) is 23.3 Å². The summed E-state index contributed by atoms with van der Waals surface area (Å²) < 4.78 is 2.75. The lowest BCUT2D eigenvalue weighted by Gasteiger charge is -2.12. The van der Waals surface area contributed by atoms with Gasteiger partial charge in [0, 0.05) is 9.13 Å². The van der Waals surface area contributed by atoms with Crippen molar-refractivity contribution in [1.82, 2.24) is 9.38 Å². The number of nitriles is 2. The van der Waals surface area contributed by atoms with Gasteiger partial charge in [0.05, 0.1) is 11.0 Å². The van der Waals surface area contributed by atoms with Gasteiger partial charge in [-0.2, -0.15) is 10.5 Å². The molecule has 0 aliphatic carbocycles. The van der Waals surface area contributed by atoms with Gasteiger partial charge in [0.1, 0.15) is 29.1 Å². The van der Waals surface area contributed by atoms with Crippen LogP contribution in [0.25, 0.3) is 27.8 Å². The summed E-state index contributed by atoms with van der Waals surface area (Å²) in [5.41, 5.74) is 10.2. The van der Waals surface area contributed by atoms with Crippen LogP contribution in [0.5, 0.6) is 0 Å². The van der Waals surface area contributed by atoms with E-state index >= 15 is 0 Å². The van der Waals surface area contributed by atoms with Gasteiger partial charge in [-0.1, -0.05) is 24.3 Å². The Balaban J connectivity index is 2.24. The van der Waals surface area contributed by atoms with E-state index in [2.05, 4.69) is 39.7 Å². The van der Waals surface area contributed by atoms with Crippen molar-refractivity contribution < 1.29 is 0 Å². The number of anilines is 1. The minimum absolute atomic E-state index is 0.286. The molecule has 25 heavy (non-hydrogen) atoms. The largest absolute Gasteiger partial charge is 0.384 e. The summed E-state index contributed by atoms with van der Waals surface area (Å²) in [6.07, 6.45) is 0. The highest BCUT2D eigenvalue weighted by atomic mass is 127. The molecule has 0 bridgehead atoms. The number of hydrogen-bond donors (Lipinski definition) is 1. The molecular formula is C19H10IN5. The van der Waals surface area contributed by atoms with E-state index in [0.29, 0.717) is 22.6 Å². The second kappa shape index (κ2) is 5.76. The fraction of sp³-hybridized carbons (Fsp3) is 0. The SMILES string of the molecule is N#Cc1c(-c2ccc(I)cc2)c(C#N)c2nc3ccccc3n2c1N. The first-order valence-corrected chi connectivity index (χ1v) is 8.52. The zero-order chi connectivity index (χ0) is 17.6. The summed E-state index contributed by atoms with van der Waals surface area (Å²) in [4.78, 5) is 4.58. The van der Waals surface area contributed by atoms with Gasteiger partial charge in [0.25, 0.3) is 0 Å². The second-order valence-electron chi connectivity index (χ2n) is 5.50. The van der Waals surface area contributed by atoms with Crippen LogP contribution in [-0.4, -0.2) is 9.38 Å². The molecule has 5 nitrogen and oxygen atoms in total. The summed E-state index contributed by atoms with van der Waals surface area (Å²) in [6, 6.07) is 19.5. The van der Waals surface area contributed by atoms with Crippen molar-refractivity contribution in [2.75, 3.05) is 5.73 Å². The van der Waals surface area contributed by atoms with E-state index in [-0.39, 0.29) is 5.56 Å². The van der Waals surface area contributed by atoms with Crippen LogP contribution < -0.4 is 5.73 Å². The molecular weight excluding hydrogens is 425 g/mol. The summed E-state index contributed by atoms with van der Waals surface area (Å²) in [5, 5.41) is 19.5. The minimum atomic E-state index is 0.286. The molecule has 4 aromatic rings. The highest BCUT2D eigenvalue weighted by molar-refractivity contribution is 14.1. The van der Waals surface area contributed by atoms with Crippen molar-refractivity contribution in [3.63, 3.8) is 0 Å². The molecule has 0 fully saturated rings. The van der Waals surface area contributed by atoms with Gasteiger partial charge < -0.3 is 5.73 Å². The minimum Gasteiger partial charge on any atom is -0.384 e. The summed E-state index contributed by atoms with van der Waals surface area (Å²) in [6.45, 7) is 0. The molecule has 2 N–H and O–H groups in total. The molecule has 0 saturated carbocycles. The normalized spacial score (nSPS) is 10.7. The van der Waals surface area contributed by atoms with Gasteiger partial charge in [-0.15, -0.1) is 0 Å². The first kappa shape index (κ1) is 15.4. The number of nitrogen functional groups attached to an aromatic ring is 1. The van der Waals surface area contributed by atoms with Gasteiger partial charge in [-0.05, 0) is 52.4 Å². The lowest BCUT2D eigenvalue weighted by molar-refractivity contribution is 1.21. The maximum atomic E-state index is 9.81. The lowest BCUT2D eigenvalue weighted by Crippen LogP contribution is -2.05. The zero-order valence-electron chi connectivity index (χ0n) is 12.9. The Labute approximate surface area is 157 Å². The Morgan fingerprint density at radius 2 is 1.64 bits per heavy atom. The van der Waals surface area contributed by atoms with Crippen molar-refractivity contribution in [1.29, 1.82) is 10.5 Å². The number of hydrogen-bond acceptors (Lipinski definition) is 4. The van der Waals surface area contributed by atoms with Crippen LogP contribution in [0.2, 0.25) is 0 Å². The van der Waals surface area contributed by atoms with E-state index in [9.17, 15) is 10.5 Å². The van der Waals surface area contributed by atoms with E-state index in [1.165, 1.54) is 0 Å². The van der Waals surface area contributed by atoms with Crippen LogP contribution >= 0.6 is 22.6 Å². The van der Waals surface area contributed by atoms with Gasteiger partial charge in [0.2, 0.25) is 0 Å². The topological polar surface area (TPSA) is 90.9 Å². The third-order valence-corrected chi connectivity index (χ3v) is 4.86. The molecule has 0 unspecified atom stereocenters. The molecule has 118 valence electrons. The molecule has 0 aliphatic rings. The van der Waals surface area contributed by atoms with Crippen LogP contribution in [0.1, 0.15) is 11.1 Å². The Kier molecular flexibility index (Phi) is 3.56. The summed E-state index contributed by atoms with van der Waals surface area (Å²) in [7, 11) is 0. The van der Waals surface area contributed by atoms with Crippen molar-refractivity contribution in [2.45, 2.75) is 0 Å². The van der Waals surface area contributed by atoms with E-state index in [4.69, 9.17) is 5.73 Å². The van der Waals surface area contributed by atoms with Crippen LogP contribution in [0.3, 0.4) is 0 Å². The van der Waals surface area contributed by atoms with E-state index in [1.807, 2.05) is 48.5 Å². The number of fused-ring (bicyclic) bond motifs is 3. The molecule has 0 radical (unpaired) electrons. The van der Waals surface area contributed by atoms with E-state index in [1.54, 1.807) is 4.40 Å². The van der Waals surface area contributed by atoms with Gasteiger partial charge in [0.15, 0.2) is 5.65 Å². The molecule has 0 spiro atoms. The van der Waals surface area contributed by atoms with Gasteiger partial charge in [-0.25, -0.2) is 4.98 Å². The molecule has 0 saturated heterocycles. The Morgan fingerprint density at radius 3 is 2.32 bits per heavy atom. The van der Waals surface area contributed by atoms with E-state index in [0.717, 1.165) is 20.2 Å². The summed E-state index contributed by atoms with van der Waals surface area (Å²) >= 11 is 2.21. The Hall–Kier alpha value is -3.10. The molecule has 0 aliphatic heterocycles. The standard InChI is InChI=1S/C19H10IN5/c20-12-7-5-11(6-8-12)17-13(9-21)18(23)25-16-4-2-1-3-15(16)24-19(25)14(17)10-22/h1-8H,23H2. The highest BCUT2D eigenvalue weighted by Crippen LogP contribution is 2.35. The average molecular weight is 435 g/mol. The second-order valence-corrected chi connectivity index (χ2v) is 6.75. The smallest absolute Gasteiger partial charge is 0.158 e. The Bertz CT molecular complexity index is 1220. The molecule has 0 amide bonds. The van der Waals surface area contributed by atoms with E-state index < -0.39 is 0 Å². The quantitative estimate of drug-likeness (QED) is 0.456. The lowest BCUT2D eigenvalue weighted by atomic mass is 9.96. The van der Waals surface area contributed by atoms with Crippen molar-refractivity contribution in [2.24, 2.45) is 0 Å². The predicted octanol–water partition coefficient (Wildman–Crippen LogP) is 4.08. The van der Waals surface area contributed by atoms with Crippen LogP contribution in [0.4, 0.5) is 5.82 Å². The predicted molar refractivity (Wildman–Crippen MR) is 105 cm³/mol. The average Bonchev–Trinajstić information content (AvgIpc) is 3.02. The van der Waals surface area contributed by atoms with Crippen molar-refractivity contribution in [3.05, 3.63) is 63.2 Å². The third-order valence-electron chi connectivity index (χ3n) is 4.14. The van der Waals surface area contributed by atoms with Crippen LogP contribution in [0.15, 0.2) is 48.5 Å². The fourth-order valence-corrected chi connectivity index (χ4v) is 3.40. The molecule has 2 aromatic carbocycles. The number of para-hydroxylation sites is 2. The highest BCUT2D eigenvalue weighted by Gasteiger charge is 2.22. The number of aromatic nitrogens is 2. The first-order chi connectivity index (χ1) is 12.2. The molecule has 2 aromatic heterocycles. The number of halogens is 1. The maximum absolute atomic E-state index is 9.81. The first-order valence-electron chi connectivity index (χ1n) is 7.44. The number of rotatable bonds is 1. The van der Waals surface area contributed by atoms with Crippen LogP contribution in [-0.2, 0) is 0 Å².